The van der Waals surface area contributed by atoms with Crippen molar-refractivity contribution in [3.63, 3.8) is 0 Å². The second-order valence-corrected chi connectivity index (χ2v) is 18.6. The normalized spacial score (nSPS) is 11.8. The predicted molar refractivity (Wildman–Crippen MR) is 266 cm³/mol. The SMILES string of the molecule is CCCCc1cc(-c2ccc(/C=C/c3ccc(/C=C/c4ccc(-c5ccc(-c6cc(CCCC)c(COCCOCCC)s6)s5)cc4)cc3)cc2)sc1CCOCCOCC. The van der Waals surface area contributed by atoms with Gasteiger partial charge in [-0.25, -0.2) is 0 Å². The number of thiophene rings is 3. The van der Waals surface area contributed by atoms with Crippen molar-refractivity contribution in [1.29, 1.82) is 0 Å². The van der Waals surface area contributed by atoms with Crippen molar-refractivity contribution in [2.24, 2.45) is 0 Å². The van der Waals surface area contributed by atoms with Gasteiger partial charge in [0, 0.05) is 48.9 Å². The Balaban J connectivity index is 1.00. The molecule has 0 fully saturated rings. The average Bonchev–Trinajstić information content (AvgIpc) is 4.06. The highest BCUT2D eigenvalue weighted by molar-refractivity contribution is 7.24. The first kappa shape index (κ1) is 46.6. The van der Waals surface area contributed by atoms with Gasteiger partial charge in [-0.3, -0.25) is 0 Å². The van der Waals surface area contributed by atoms with Crippen molar-refractivity contribution < 1.29 is 18.9 Å². The van der Waals surface area contributed by atoms with E-state index in [9.17, 15) is 0 Å². The zero-order chi connectivity index (χ0) is 42.5. The van der Waals surface area contributed by atoms with Crippen LogP contribution in [0.3, 0.4) is 0 Å². The summed E-state index contributed by atoms with van der Waals surface area (Å²) in [4.78, 5) is 8.10. The van der Waals surface area contributed by atoms with Crippen molar-refractivity contribution >= 4 is 58.3 Å². The molecule has 3 aromatic heterocycles. The molecule has 3 heterocycles. The maximum Gasteiger partial charge on any atom is 0.0813 e. The molecular formula is C54H64O4S3. The van der Waals surface area contributed by atoms with Gasteiger partial charge in [-0.2, -0.15) is 0 Å². The number of hydrogen-bond donors (Lipinski definition) is 0. The van der Waals surface area contributed by atoms with E-state index >= 15 is 0 Å². The van der Waals surface area contributed by atoms with E-state index in [1.54, 1.807) is 0 Å². The molecule has 3 aromatic carbocycles. The van der Waals surface area contributed by atoms with Gasteiger partial charge >= 0.3 is 0 Å². The minimum Gasteiger partial charge on any atom is -0.379 e. The molecule has 61 heavy (non-hydrogen) atoms. The summed E-state index contributed by atoms with van der Waals surface area (Å²) < 4.78 is 22.9. The summed E-state index contributed by atoms with van der Waals surface area (Å²) in [6, 6.07) is 35.9. The van der Waals surface area contributed by atoms with E-state index < -0.39 is 0 Å². The van der Waals surface area contributed by atoms with E-state index in [0.717, 1.165) is 45.5 Å². The minimum absolute atomic E-state index is 0.641. The third-order valence-corrected chi connectivity index (χ3v) is 14.3. The lowest BCUT2D eigenvalue weighted by Gasteiger charge is -2.06. The van der Waals surface area contributed by atoms with Gasteiger partial charge in [0.2, 0.25) is 0 Å². The van der Waals surface area contributed by atoms with E-state index in [0.29, 0.717) is 33.0 Å². The van der Waals surface area contributed by atoms with Gasteiger partial charge in [0.1, 0.15) is 0 Å². The standard InChI is InChI=1S/C54H64O4S3/c1-5-9-11-47-38-52(60-50(47)31-33-57-35-34-55-8-4)46-27-23-44(24-28-46)20-18-42-15-13-41(14-16-42)17-19-43-21-25-45(26-22-43)49-29-30-51(59-49)53-39-48(12-10-6-2)54(61-53)40-58-37-36-56-32-7-3/h13-30,38-39H,5-12,31-37,40H2,1-4H3/b19-17+,20-18+. The van der Waals surface area contributed by atoms with Gasteiger partial charge in [0.25, 0.3) is 0 Å². The lowest BCUT2D eigenvalue weighted by Crippen LogP contribution is -2.06. The second kappa shape index (κ2) is 25.9. The predicted octanol–water partition coefficient (Wildman–Crippen LogP) is 15.4. The summed E-state index contributed by atoms with van der Waals surface area (Å²) in [5.74, 6) is 0. The van der Waals surface area contributed by atoms with Crippen LogP contribution in [0, 0.1) is 0 Å². The van der Waals surface area contributed by atoms with Crippen LogP contribution in [0.1, 0.15) is 103 Å². The molecular weight excluding hydrogens is 809 g/mol. The maximum absolute atomic E-state index is 6.01. The molecule has 0 N–H and O–H groups in total. The fourth-order valence-corrected chi connectivity index (χ4v) is 10.4. The van der Waals surface area contributed by atoms with Gasteiger partial charge < -0.3 is 18.9 Å². The van der Waals surface area contributed by atoms with Crippen molar-refractivity contribution in [3.8, 4) is 30.6 Å². The Morgan fingerprint density at radius 3 is 1.44 bits per heavy atom. The molecule has 4 nitrogen and oxygen atoms in total. The number of aryl methyl sites for hydroxylation is 2. The zero-order valence-electron chi connectivity index (χ0n) is 36.7. The maximum atomic E-state index is 6.01. The third-order valence-electron chi connectivity index (χ3n) is 10.5. The average molecular weight is 873 g/mol. The van der Waals surface area contributed by atoms with Crippen LogP contribution in [-0.4, -0.2) is 46.2 Å². The molecule has 0 aliphatic rings. The largest absolute Gasteiger partial charge is 0.379 e. The topological polar surface area (TPSA) is 36.9 Å². The molecule has 0 saturated heterocycles. The van der Waals surface area contributed by atoms with Gasteiger partial charge in [0.15, 0.2) is 0 Å². The van der Waals surface area contributed by atoms with Crippen LogP contribution in [0.15, 0.2) is 97.1 Å². The van der Waals surface area contributed by atoms with E-state index in [1.807, 2.05) is 40.9 Å². The van der Waals surface area contributed by atoms with Crippen molar-refractivity contribution in [3.05, 3.63) is 140 Å². The summed E-state index contributed by atoms with van der Waals surface area (Å²) in [5.41, 5.74) is 10.2. The fraction of sp³-hybridized carbons (Fsp3) is 0.370. The Hall–Kier alpha value is -3.92. The summed E-state index contributed by atoms with van der Waals surface area (Å²) in [5, 5.41) is 0. The summed E-state index contributed by atoms with van der Waals surface area (Å²) in [7, 11) is 0. The van der Waals surface area contributed by atoms with Gasteiger partial charge in [-0.15, -0.1) is 34.0 Å². The van der Waals surface area contributed by atoms with Crippen LogP contribution in [0.4, 0.5) is 0 Å². The Kier molecular flexibility index (Phi) is 19.8. The number of hydrogen-bond acceptors (Lipinski definition) is 7. The number of benzene rings is 3. The Bertz CT molecular complexity index is 2200. The van der Waals surface area contributed by atoms with E-state index in [4.69, 9.17) is 18.9 Å². The van der Waals surface area contributed by atoms with Crippen LogP contribution in [0.5, 0.6) is 0 Å². The highest BCUT2D eigenvalue weighted by atomic mass is 32.1. The van der Waals surface area contributed by atoms with Crippen LogP contribution in [-0.2, 0) is 44.8 Å². The van der Waals surface area contributed by atoms with Gasteiger partial charge in [-0.1, -0.05) is 131 Å². The van der Waals surface area contributed by atoms with Crippen molar-refractivity contribution in [2.45, 2.75) is 85.7 Å². The van der Waals surface area contributed by atoms with Crippen molar-refractivity contribution in [1.82, 2.24) is 0 Å². The molecule has 0 bridgehead atoms. The number of rotatable bonds is 27. The van der Waals surface area contributed by atoms with Crippen LogP contribution >= 0.6 is 34.0 Å². The van der Waals surface area contributed by atoms with Gasteiger partial charge in [0.05, 0.1) is 39.6 Å². The molecule has 6 aromatic rings. The van der Waals surface area contributed by atoms with Crippen LogP contribution in [0.2, 0.25) is 0 Å². The highest BCUT2D eigenvalue weighted by Gasteiger charge is 2.14. The molecule has 0 aliphatic carbocycles. The summed E-state index contributed by atoms with van der Waals surface area (Å²) >= 11 is 5.67. The lowest BCUT2D eigenvalue weighted by atomic mass is 10.0. The van der Waals surface area contributed by atoms with E-state index in [-0.39, 0.29) is 0 Å². The Labute approximate surface area is 377 Å². The Morgan fingerprint density at radius 1 is 0.393 bits per heavy atom. The third kappa shape index (κ3) is 14.9. The van der Waals surface area contributed by atoms with Crippen LogP contribution < -0.4 is 0 Å². The molecule has 0 amide bonds. The molecule has 0 aliphatic heterocycles. The molecule has 7 heteroatoms. The number of ether oxygens (including phenoxy) is 4. The van der Waals surface area contributed by atoms with Gasteiger partial charge in [-0.05, 0) is 108 Å². The number of unbranched alkanes of at least 4 members (excludes halogenated alkanes) is 2. The smallest absolute Gasteiger partial charge is 0.0813 e. The molecule has 322 valence electrons. The first-order chi connectivity index (χ1) is 30.1. The zero-order valence-corrected chi connectivity index (χ0v) is 39.2. The first-order valence-electron chi connectivity index (χ1n) is 22.4. The summed E-state index contributed by atoms with van der Waals surface area (Å²) in [6.45, 7) is 14.2. The molecule has 0 unspecified atom stereocenters. The van der Waals surface area contributed by atoms with E-state index in [2.05, 4.69) is 142 Å². The van der Waals surface area contributed by atoms with Crippen LogP contribution in [0.25, 0.3) is 54.9 Å². The Morgan fingerprint density at radius 2 is 0.869 bits per heavy atom. The highest BCUT2D eigenvalue weighted by Crippen LogP contribution is 2.40. The minimum atomic E-state index is 0.641. The first-order valence-corrected chi connectivity index (χ1v) is 24.8. The quantitative estimate of drug-likeness (QED) is 0.0382. The molecule has 0 spiro atoms. The molecule has 0 saturated carbocycles. The molecule has 0 radical (unpaired) electrons. The van der Waals surface area contributed by atoms with Crippen molar-refractivity contribution in [2.75, 3.05) is 46.2 Å². The fourth-order valence-electron chi connectivity index (χ4n) is 6.99. The molecule has 6 rings (SSSR count). The monoisotopic (exact) mass is 872 g/mol. The molecule has 0 atom stereocenters. The second-order valence-electron chi connectivity index (χ2n) is 15.3. The van der Waals surface area contributed by atoms with E-state index in [1.165, 1.54) is 99.5 Å². The summed E-state index contributed by atoms with van der Waals surface area (Å²) in [6.07, 6.45) is 17.8. The lowest BCUT2D eigenvalue weighted by molar-refractivity contribution is 0.0415.